The zero-order valence-corrected chi connectivity index (χ0v) is 12.7. The molecule has 1 aromatic heterocycles. The summed E-state index contributed by atoms with van der Waals surface area (Å²) >= 11 is 0. The predicted octanol–water partition coefficient (Wildman–Crippen LogP) is 2.60. The molecule has 0 aromatic carbocycles. The minimum absolute atomic E-state index is 0.563. The highest BCUT2D eigenvalue weighted by molar-refractivity contribution is 5.09. The molecule has 0 saturated heterocycles. The van der Waals surface area contributed by atoms with Gasteiger partial charge in [0.1, 0.15) is 0 Å². The molecule has 1 aromatic rings. The zero-order chi connectivity index (χ0) is 13.8. The molecule has 3 nitrogen and oxygen atoms in total. The maximum absolute atomic E-state index is 4.58. The molecule has 0 aliphatic heterocycles. The molecule has 1 aliphatic rings. The van der Waals surface area contributed by atoms with E-state index in [4.69, 9.17) is 0 Å². The van der Waals surface area contributed by atoms with Gasteiger partial charge in [0, 0.05) is 24.3 Å². The Kier molecular flexibility index (Phi) is 4.94. The minimum Gasteiger partial charge on any atom is -0.314 e. The Morgan fingerprint density at radius 1 is 1.37 bits per heavy atom. The van der Waals surface area contributed by atoms with Gasteiger partial charge in [0.2, 0.25) is 0 Å². The average molecular weight is 261 g/mol. The molecule has 106 valence electrons. The second-order valence-corrected chi connectivity index (χ2v) is 6.09. The van der Waals surface area contributed by atoms with Gasteiger partial charge < -0.3 is 5.32 Å². The lowest BCUT2D eigenvalue weighted by Gasteiger charge is -2.30. The number of pyridine rings is 1. The van der Waals surface area contributed by atoms with E-state index < -0.39 is 0 Å². The van der Waals surface area contributed by atoms with Gasteiger partial charge in [0.05, 0.1) is 5.69 Å². The number of aromatic nitrogens is 1. The Morgan fingerprint density at radius 2 is 2.11 bits per heavy atom. The molecule has 1 aliphatic carbocycles. The van der Waals surface area contributed by atoms with Crippen LogP contribution in [0.15, 0.2) is 18.2 Å². The average Bonchev–Trinajstić information content (AvgIpc) is 3.19. The van der Waals surface area contributed by atoms with Crippen molar-refractivity contribution in [2.45, 2.75) is 52.2 Å². The molecule has 0 bridgehead atoms. The molecule has 3 heteroatoms. The second-order valence-electron chi connectivity index (χ2n) is 6.09. The van der Waals surface area contributed by atoms with Gasteiger partial charge >= 0.3 is 0 Å². The van der Waals surface area contributed by atoms with Gasteiger partial charge in [-0.2, -0.15) is 0 Å². The molecule has 1 fully saturated rings. The number of nitrogens with zero attached hydrogens (tertiary/aromatic N) is 2. The summed E-state index contributed by atoms with van der Waals surface area (Å²) in [6, 6.07) is 7.62. The van der Waals surface area contributed by atoms with Crippen molar-refractivity contribution < 1.29 is 0 Å². The van der Waals surface area contributed by atoms with E-state index in [0.717, 1.165) is 30.5 Å². The first-order valence-corrected chi connectivity index (χ1v) is 7.42. The summed E-state index contributed by atoms with van der Waals surface area (Å²) in [6.45, 7) is 8.75. The van der Waals surface area contributed by atoms with E-state index in [2.05, 4.69) is 61.2 Å². The van der Waals surface area contributed by atoms with Crippen LogP contribution in [0.2, 0.25) is 0 Å². The predicted molar refractivity (Wildman–Crippen MR) is 80.1 cm³/mol. The highest BCUT2D eigenvalue weighted by atomic mass is 15.1. The van der Waals surface area contributed by atoms with Crippen molar-refractivity contribution in [1.82, 2.24) is 15.2 Å². The van der Waals surface area contributed by atoms with Crippen molar-refractivity contribution in [2.24, 2.45) is 5.92 Å². The van der Waals surface area contributed by atoms with E-state index >= 15 is 0 Å². The van der Waals surface area contributed by atoms with Crippen LogP contribution < -0.4 is 5.32 Å². The van der Waals surface area contributed by atoms with Crippen LogP contribution in [-0.2, 0) is 6.54 Å². The minimum atomic E-state index is 0.563. The number of hydrogen-bond acceptors (Lipinski definition) is 3. The first-order valence-electron chi connectivity index (χ1n) is 7.42. The first-order chi connectivity index (χ1) is 9.06. The first kappa shape index (κ1) is 14.5. The molecular weight excluding hydrogens is 234 g/mol. The zero-order valence-electron chi connectivity index (χ0n) is 12.7. The Morgan fingerprint density at radius 3 is 2.74 bits per heavy atom. The molecule has 2 rings (SSSR count). The lowest BCUT2D eigenvalue weighted by Crippen LogP contribution is -2.39. The molecule has 2 unspecified atom stereocenters. The number of hydrogen-bond donors (Lipinski definition) is 1. The van der Waals surface area contributed by atoms with Crippen molar-refractivity contribution >= 4 is 0 Å². The van der Waals surface area contributed by atoms with Gasteiger partial charge in [0.25, 0.3) is 0 Å². The Balaban J connectivity index is 1.81. The van der Waals surface area contributed by atoms with Crippen molar-refractivity contribution in [3.05, 3.63) is 29.6 Å². The van der Waals surface area contributed by atoms with E-state index in [1.165, 1.54) is 12.8 Å². The van der Waals surface area contributed by atoms with E-state index in [1.807, 2.05) is 0 Å². The number of rotatable bonds is 7. The Labute approximate surface area is 117 Å². The van der Waals surface area contributed by atoms with E-state index in [9.17, 15) is 0 Å². The number of aryl methyl sites for hydroxylation is 1. The van der Waals surface area contributed by atoms with Crippen LogP contribution in [0.5, 0.6) is 0 Å². The topological polar surface area (TPSA) is 28.2 Å². The monoisotopic (exact) mass is 261 g/mol. The fraction of sp³-hybridized carbons (Fsp3) is 0.688. The Bertz CT molecular complexity index is 401. The maximum Gasteiger partial charge on any atom is 0.0547 e. The fourth-order valence-corrected chi connectivity index (χ4v) is 2.33. The van der Waals surface area contributed by atoms with Crippen LogP contribution in [0.3, 0.4) is 0 Å². The largest absolute Gasteiger partial charge is 0.314 e. The van der Waals surface area contributed by atoms with Gasteiger partial charge in [0.15, 0.2) is 0 Å². The summed E-state index contributed by atoms with van der Waals surface area (Å²) in [5.74, 6) is 0.662. The molecule has 0 spiro atoms. The Hall–Kier alpha value is -0.930. The van der Waals surface area contributed by atoms with Crippen LogP contribution in [0.4, 0.5) is 0 Å². The molecule has 19 heavy (non-hydrogen) atoms. The van der Waals surface area contributed by atoms with Crippen LogP contribution in [0.25, 0.3) is 0 Å². The molecule has 1 heterocycles. The number of nitrogens with one attached hydrogen (secondary N) is 1. The molecule has 0 amide bonds. The van der Waals surface area contributed by atoms with Gasteiger partial charge in [-0.3, -0.25) is 9.88 Å². The second kappa shape index (κ2) is 6.49. The summed E-state index contributed by atoms with van der Waals surface area (Å²) in [4.78, 5) is 6.99. The summed E-state index contributed by atoms with van der Waals surface area (Å²) in [5.41, 5.74) is 2.26. The molecule has 2 atom stereocenters. The summed E-state index contributed by atoms with van der Waals surface area (Å²) < 4.78 is 0. The van der Waals surface area contributed by atoms with Crippen LogP contribution in [-0.4, -0.2) is 35.6 Å². The highest BCUT2D eigenvalue weighted by Gasteiger charge is 2.23. The van der Waals surface area contributed by atoms with Gasteiger partial charge in [-0.25, -0.2) is 0 Å². The van der Waals surface area contributed by atoms with Gasteiger partial charge in [-0.05, 0) is 58.3 Å². The smallest absolute Gasteiger partial charge is 0.0547 e. The summed E-state index contributed by atoms with van der Waals surface area (Å²) in [6.07, 6.45) is 2.73. The lowest BCUT2D eigenvalue weighted by atomic mass is 10.0. The highest BCUT2D eigenvalue weighted by Crippen LogP contribution is 2.20. The molecule has 1 N–H and O–H groups in total. The van der Waals surface area contributed by atoms with Crippen LogP contribution in [0, 0.1) is 12.8 Å². The van der Waals surface area contributed by atoms with E-state index in [1.54, 1.807) is 0 Å². The third-order valence-corrected chi connectivity index (χ3v) is 4.18. The molecule has 1 saturated carbocycles. The van der Waals surface area contributed by atoms with Gasteiger partial charge in [-0.15, -0.1) is 0 Å². The van der Waals surface area contributed by atoms with Gasteiger partial charge in [-0.1, -0.05) is 13.0 Å². The van der Waals surface area contributed by atoms with Crippen molar-refractivity contribution in [3.8, 4) is 0 Å². The lowest BCUT2D eigenvalue weighted by molar-refractivity contribution is 0.186. The fourth-order valence-electron chi connectivity index (χ4n) is 2.33. The van der Waals surface area contributed by atoms with Crippen molar-refractivity contribution in [2.75, 3.05) is 13.6 Å². The summed E-state index contributed by atoms with van der Waals surface area (Å²) in [7, 11) is 2.20. The standard InChI is InChI=1S/C16H27N3/c1-12(10-17-15-8-9-15)14(3)19(4)11-16-7-5-6-13(2)18-16/h5-7,12,14-15,17H,8-11H2,1-4H3. The maximum atomic E-state index is 4.58. The third kappa shape index (κ3) is 4.59. The van der Waals surface area contributed by atoms with E-state index in [0.29, 0.717) is 12.0 Å². The SMILES string of the molecule is Cc1cccc(CN(C)C(C)C(C)CNC2CC2)n1. The van der Waals surface area contributed by atoms with E-state index in [-0.39, 0.29) is 0 Å². The molecular formula is C16H27N3. The molecule has 0 radical (unpaired) electrons. The summed E-state index contributed by atoms with van der Waals surface area (Å²) in [5, 5.41) is 3.62. The third-order valence-electron chi connectivity index (χ3n) is 4.18. The van der Waals surface area contributed by atoms with Crippen LogP contribution >= 0.6 is 0 Å². The normalized spacial score (nSPS) is 18.6. The van der Waals surface area contributed by atoms with Crippen molar-refractivity contribution in [1.29, 1.82) is 0 Å². The quantitative estimate of drug-likeness (QED) is 0.818. The van der Waals surface area contributed by atoms with Crippen LogP contribution in [0.1, 0.15) is 38.1 Å². The van der Waals surface area contributed by atoms with Crippen molar-refractivity contribution in [3.63, 3.8) is 0 Å².